The zero-order valence-electron chi connectivity index (χ0n) is 15.5. The topological polar surface area (TPSA) is 48.0 Å². The van der Waals surface area contributed by atoms with Gasteiger partial charge in [-0.3, -0.25) is 4.90 Å². The number of nitrogens with zero attached hydrogens (tertiary/aromatic N) is 1. The van der Waals surface area contributed by atoms with E-state index in [4.69, 9.17) is 9.47 Å². The van der Waals surface area contributed by atoms with E-state index in [0.29, 0.717) is 30.0 Å². The summed E-state index contributed by atoms with van der Waals surface area (Å²) in [6.45, 7) is 0.709. The third-order valence-electron chi connectivity index (χ3n) is 4.68. The first-order chi connectivity index (χ1) is 13.4. The molecule has 0 saturated heterocycles. The Morgan fingerprint density at radius 1 is 1.14 bits per heavy atom. The molecular weight excluding hydrogens is 375 g/mol. The number of rotatable bonds is 6. The fraction of sp³-hybridized carbons (Fsp3) is 0.350. The number of carbonyl (C=O) groups excluding carboxylic acids is 1. The molecular formula is C20H20F3NO4. The summed E-state index contributed by atoms with van der Waals surface area (Å²) in [5.74, 6) is 0.875. The molecule has 1 aliphatic heterocycles. The molecule has 1 heterocycles. The number of alkyl halides is 3. The average molecular weight is 395 g/mol. The van der Waals surface area contributed by atoms with Crippen molar-refractivity contribution in [1.29, 1.82) is 0 Å². The number of methoxy groups -OCH3 is 2. The standard InChI is InChI=1S/C20H20F3NO4/c1-26-16-10-13-6-7-24(8-9-25)19(18(13)17(12-16)27-2)14-4-3-5-15(11-14)28-20(21,22)23/h3-5,9-12,19H,6-8H2,1-2H3. The number of hydrogen-bond acceptors (Lipinski definition) is 5. The summed E-state index contributed by atoms with van der Waals surface area (Å²) in [7, 11) is 3.08. The Balaban J connectivity index is 2.12. The van der Waals surface area contributed by atoms with Crippen molar-refractivity contribution < 1.29 is 32.2 Å². The van der Waals surface area contributed by atoms with Gasteiger partial charge in [-0.05, 0) is 35.7 Å². The predicted octanol–water partition coefficient (Wildman–Crippen LogP) is 3.75. The third-order valence-corrected chi connectivity index (χ3v) is 4.68. The second-order valence-corrected chi connectivity index (χ2v) is 6.34. The Hall–Kier alpha value is -2.74. The van der Waals surface area contributed by atoms with Crippen LogP contribution in [0.25, 0.3) is 0 Å². The second kappa shape index (κ2) is 8.10. The molecule has 8 heteroatoms. The molecule has 28 heavy (non-hydrogen) atoms. The minimum atomic E-state index is -4.78. The van der Waals surface area contributed by atoms with Gasteiger partial charge in [0.1, 0.15) is 23.5 Å². The smallest absolute Gasteiger partial charge is 0.497 e. The normalized spacial score (nSPS) is 17.0. The highest BCUT2D eigenvalue weighted by Crippen LogP contribution is 2.43. The van der Waals surface area contributed by atoms with Gasteiger partial charge in [0.2, 0.25) is 0 Å². The molecule has 0 aliphatic carbocycles. The van der Waals surface area contributed by atoms with E-state index in [-0.39, 0.29) is 12.3 Å². The summed E-state index contributed by atoms with van der Waals surface area (Å²) >= 11 is 0. The second-order valence-electron chi connectivity index (χ2n) is 6.34. The van der Waals surface area contributed by atoms with E-state index in [1.165, 1.54) is 25.3 Å². The minimum Gasteiger partial charge on any atom is -0.497 e. The first kappa shape index (κ1) is 20.0. The third kappa shape index (κ3) is 4.22. The molecule has 5 nitrogen and oxygen atoms in total. The highest BCUT2D eigenvalue weighted by Gasteiger charge is 2.34. The van der Waals surface area contributed by atoms with Gasteiger partial charge in [0, 0.05) is 18.2 Å². The monoisotopic (exact) mass is 395 g/mol. The maximum Gasteiger partial charge on any atom is 0.573 e. The molecule has 2 aromatic rings. The Kier molecular flexibility index (Phi) is 5.79. The molecule has 1 unspecified atom stereocenters. The number of carbonyl (C=O) groups is 1. The molecule has 0 radical (unpaired) electrons. The van der Waals surface area contributed by atoms with Gasteiger partial charge < -0.3 is 19.0 Å². The van der Waals surface area contributed by atoms with Crippen molar-refractivity contribution in [2.45, 2.75) is 18.8 Å². The van der Waals surface area contributed by atoms with Crippen LogP contribution in [0.4, 0.5) is 13.2 Å². The maximum absolute atomic E-state index is 12.6. The maximum atomic E-state index is 12.6. The Labute approximate surface area is 160 Å². The van der Waals surface area contributed by atoms with Crippen LogP contribution in [0.5, 0.6) is 17.2 Å². The van der Waals surface area contributed by atoms with Crippen molar-refractivity contribution in [2.24, 2.45) is 0 Å². The van der Waals surface area contributed by atoms with Crippen molar-refractivity contribution in [3.63, 3.8) is 0 Å². The lowest BCUT2D eigenvalue weighted by molar-refractivity contribution is -0.274. The van der Waals surface area contributed by atoms with Gasteiger partial charge in [-0.1, -0.05) is 12.1 Å². The lowest BCUT2D eigenvalue weighted by Gasteiger charge is -2.37. The van der Waals surface area contributed by atoms with E-state index in [9.17, 15) is 18.0 Å². The fourth-order valence-corrected chi connectivity index (χ4v) is 3.59. The molecule has 0 fully saturated rings. The van der Waals surface area contributed by atoms with Crippen molar-refractivity contribution >= 4 is 6.29 Å². The SMILES string of the molecule is COc1cc2c(c(OC)c1)C(c1cccc(OC(F)(F)F)c1)N(CC=O)CC2. The summed E-state index contributed by atoms with van der Waals surface area (Å²) in [5, 5.41) is 0. The summed E-state index contributed by atoms with van der Waals surface area (Å²) in [5.41, 5.74) is 2.35. The number of benzene rings is 2. The van der Waals surface area contributed by atoms with Crippen LogP contribution in [0.3, 0.4) is 0 Å². The summed E-state index contributed by atoms with van der Waals surface area (Å²) in [6.07, 6.45) is -3.34. The van der Waals surface area contributed by atoms with E-state index in [0.717, 1.165) is 17.4 Å². The number of hydrogen-bond donors (Lipinski definition) is 0. The van der Waals surface area contributed by atoms with Gasteiger partial charge >= 0.3 is 6.36 Å². The van der Waals surface area contributed by atoms with Crippen LogP contribution in [0, 0.1) is 0 Å². The largest absolute Gasteiger partial charge is 0.573 e. The van der Waals surface area contributed by atoms with Gasteiger partial charge in [0.05, 0.1) is 26.8 Å². The van der Waals surface area contributed by atoms with Gasteiger partial charge in [-0.15, -0.1) is 13.2 Å². The molecule has 3 rings (SSSR count). The summed E-state index contributed by atoms with van der Waals surface area (Å²) < 4.78 is 52.8. The van der Waals surface area contributed by atoms with Crippen LogP contribution in [0.15, 0.2) is 36.4 Å². The molecule has 1 atom stereocenters. The lowest BCUT2D eigenvalue weighted by atomic mass is 9.87. The van der Waals surface area contributed by atoms with Gasteiger partial charge in [0.25, 0.3) is 0 Å². The van der Waals surface area contributed by atoms with Crippen molar-refractivity contribution in [3.05, 3.63) is 53.1 Å². The molecule has 150 valence electrons. The van der Waals surface area contributed by atoms with Crippen molar-refractivity contribution in [3.8, 4) is 17.2 Å². The fourth-order valence-electron chi connectivity index (χ4n) is 3.59. The number of ether oxygens (including phenoxy) is 3. The first-order valence-corrected chi connectivity index (χ1v) is 8.64. The molecule has 1 aliphatic rings. The predicted molar refractivity (Wildman–Crippen MR) is 95.9 cm³/mol. The zero-order valence-corrected chi connectivity index (χ0v) is 15.5. The van der Waals surface area contributed by atoms with Crippen LogP contribution in [-0.4, -0.2) is 44.9 Å². The molecule has 0 spiro atoms. The van der Waals surface area contributed by atoms with Crippen LogP contribution in [-0.2, 0) is 11.2 Å². The summed E-state index contributed by atoms with van der Waals surface area (Å²) in [6, 6.07) is 8.96. The van der Waals surface area contributed by atoms with Crippen LogP contribution in [0.2, 0.25) is 0 Å². The van der Waals surface area contributed by atoms with Gasteiger partial charge in [-0.25, -0.2) is 0 Å². The highest BCUT2D eigenvalue weighted by atomic mass is 19.4. The quantitative estimate of drug-likeness (QED) is 0.698. The summed E-state index contributed by atoms with van der Waals surface area (Å²) in [4.78, 5) is 13.1. The van der Waals surface area contributed by atoms with Crippen molar-refractivity contribution in [2.75, 3.05) is 27.3 Å². The number of fused-ring (bicyclic) bond motifs is 1. The van der Waals surface area contributed by atoms with E-state index in [2.05, 4.69) is 4.74 Å². The molecule has 0 bridgehead atoms. The van der Waals surface area contributed by atoms with E-state index < -0.39 is 12.4 Å². The first-order valence-electron chi connectivity index (χ1n) is 8.64. The molecule has 2 aromatic carbocycles. The van der Waals surface area contributed by atoms with Gasteiger partial charge in [-0.2, -0.15) is 0 Å². The van der Waals surface area contributed by atoms with E-state index >= 15 is 0 Å². The number of aldehydes is 1. The zero-order chi connectivity index (χ0) is 20.3. The molecule has 0 aromatic heterocycles. The average Bonchev–Trinajstić information content (AvgIpc) is 2.66. The van der Waals surface area contributed by atoms with Gasteiger partial charge in [0.15, 0.2) is 0 Å². The van der Waals surface area contributed by atoms with Crippen LogP contribution < -0.4 is 14.2 Å². The minimum absolute atomic E-state index is 0.143. The molecule has 0 N–H and O–H groups in total. The van der Waals surface area contributed by atoms with Crippen molar-refractivity contribution in [1.82, 2.24) is 4.90 Å². The van der Waals surface area contributed by atoms with Crippen LogP contribution >= 0.6 is 0 Å². The molecule has 0 amide bonds. The molecule has 0 saturated carbocycles. The highest BCUT2D eigenvalue weighted by molar-refractivity contribution is 5.56. The van der Waals surface area contributed by atoms with E-state index in [1.807, 2.05) is 11.0 Å². The van der Waals surface area contributed by atoms with Crippen LogP contribution in [0.1, 0.15) is 22.7 Å². The van der Waals surface area contributed by atoms with E-state index in [1.54, 1.807) is 19.2 Å². The Bertz CT molecular complexity index is 837. The lowest BCUT2D eigenvalue weighted by Crippen LogP contribution is -2.37. The Morgan fingerprint density at radius 2 is 1.93 bits per heavy atom. The Morgan fingerprint density at radius 3 is 2.57 bits per heavy atom. The number of halogens is 3.